The van der Waals surface area contributed by atoms with Crippen molar-refractivity contribution >= 4 is 5.91 Å². The summed E-state index contributed by atoms with van der Waals surface area (Å²) in [4.78, 5) is 14.1. The summed E-state index contributed by atoms with van der Waals surface area (Å²) in [5.41, 5.74) is 4.79. The molecule has 3 N–H and O–H groups in total. The van der Waals surface area contributed by atoms with Crippen molar-refractivity contribution in [3.05, 3.63) is 0 Å². The van der Waals surface area contributed by atoms with Crippen LogP contribution in [-0.4, -0.2) is 53.7 Å². The van der Waals surface area contributed by atoms with Crippen molar-refractivity contribution in [2.24, 2.45) is 5.73 Å². The molecule has 0 saturated carbocycles. The minimum Gasteiger partial charge on any atom is -0.370 e. The van der Waals surface area contributed by atoms with E-state index in [1.54, 1.807) is 0 Å². The van der Waals surface area contributed by atoms with Gasteiger partial charge in [-0.25, -0.2) is 0 Å². The number of rotatable bonds is 6. The molecule has 1 saturated heterocycles. The molecule has 0 aromatic carbocycles. The van der Waals surface area contributed by atoms with Crippen molar-refractivity contribution in [3.8, 4) is 0 Å². The molecule has 1 fully saturated rings. The van der Waals surface area contributed by atoms with Gasteiger partial charge in [0.1, 0.15) is 0 Å². The van der Waals surface area contributed by atoms with Crippen LogP contribution in [0.1, 0.15) is 48.0 Å². The Morgan fingerprint density at radius 2 is 2.15 bits per heavy atom. The number of amides is 1. The van der Waals surface area contributed by atoms with Gasteiger partial charge in [0, 0.05) is 25.7 Å². The number of carbonyl (C=O) groups is 1. The van der Waals surface area contributed by atoms with E-state index in [1.807, 2.05) is 20.8 Å². The lowest BCUT2D eigenvalue weighted by molar-refractivity contribution is -0.132. The van der Waals surface area contributed by atoms with Gasteiger partial charge in [-0.05, 0) is 48.0 Å². The fourth-order valence-electron chi connectivity index (χ4n) is 3.04. The molecule has 0 aromatic rings. The first-order chi connectivity index (χ1) is 9.04. The van der Waals surface area contributed by atoms with Gasteiger partial charge in [-0.15, -0.1) is 0 Å². The molecular weight excluding hydrogens is 254 g/mol. The van der Waals surface area contributed by atoms with Crippen LogP contribution in [0.3, 0.4) is 0 Å². The average molecular weight is 285 g/mol. The first-order valence-electron chi connectivity index (χ1n) is 7.52. The van der Waals surface area contributed by atoms with Crippen molar-refractivity contribution in [1.82, 2.24) is 10.2 Å². The minimum absolute atomic E-state index is 0.133. The Morgan fingerprint density at radius 1 is 1.55 bits per heavy atom. The zero-order valence-corrected chi connectivity index (χ0v) is 13.8. The van der Waals surface area contributed by atoms with Crippen LogP contribution in [0.15, 0.2) is 0 Å². The fraction of sp³-hybridized carbons (Fsp3) is 0.933. The van der Waals surface area contributed by atoms with Crippen molar-refractivity contribution in [2.75, 3.05) is 19.6 Å². The molecule has 2 atom stereocenters. The molecular formula is C15H31N3O2. The smallest absolute Gasteiger partial charge is 0.237 e. The average Bonchev–Trinajstić information content (AvgIpc) is 2.22. The van der Waals surface area contributed by atoms with Crippen LogP contribution in [-0.2, 0) is 9.53 Å². The van der Waals surface area contributed by atoms with Crippen LogP contribution in [0.5, 0.6) is 0 Å². The minimum atomic E-state index is -0.653. The second-order valence-corrected chi connectivity index (χ2v) is 7.17. The van der Waals surface area contributed by atoms with E-state index in [9.17, 15) is 4.79 Å². The van der Waals surface area contributed by atoms with Crippen molar-refractivity contribution < 1.29 is 9.53 Å². The predicted molar refractivity (Wildman–Crippen MR) is 81.6 cm³/mol. The SMILES string of the molecule is CC(C)NC(C)(CCN1CC(C)OC(C)(C)C1)C(N)=O. The maximum atomic E-state index is 11.7. The normalized spacial score (nSPS) is 26.4. The molecule has 1 heterocycles. The lowest BCUT2D eigenvalue weighted by atomic mass is 9.94. The van der Waals surface area contributed by atoms with Gasteiger partial charge in [-0.3, -0.25) is 9.69 Å². The Hall–Kier alpha value is -0.650. The molecule has 0 spiro atoms. The van der Waals surface area contributed by atoms with Crippen LogP contribution < -0.4 is 11.1 Å². The maximum absolute atomic E-state index is 11.7. The number of primary amides is 1. The zero-order chi connectivity index (χ0) is 15.6. The van der Waals surface area contributed by atoms with Crippen LogP contribution in [0.4, 0.5) is 0 Å². The van der Waals surface area contributed by atoms with E-state index in [2.05, 4.69) is 31.0 Å². The lowest BCUT2D eigenvalue weighted by Gasteiger charge is -2.43. The van der Waals surface area contributed by atoms with E-state index in [0.717, 1.165) is 19.6 Å². The molecule has 1 amide bonds. The number of nitrogens with one attached hydrogen (secondary N) is 1. The lowest BCUT2D eigenvalue weighted by Crippen LogP contribution is -2.58. The second-order valence-electron chi connectivity index (χ2n) is 7.17. The summed E-state index contributed by atoms with van der Waals surface area (Å²) in [7, 11) is 0. The highest BCUT2D eigenvalue weighted by Gasteiger charge is 2.35. The van der Waals surface area contributed by atoms with Crippen LogP contribution in [0.25, 0.3) is 0 Å². The standard InChI is InChI=1S/C15H31N3O2/c1-11(2)17-15(6,13(16)19)7-8-18-9-12(3)20-14(4,5)10-18/h11-12,17H,7-10H2,1-6H3,(H2,16,19). The third-order valence-corrected chi connectivity index (χ3v) is 3.72. The maximum Gasteiger partial charge on any atom is 0.237 e. The third-order valence-electron chi connectivity index (χ3n) is 3.72. The number of nitrogens with two attached hydrogens (primary N) is 1. The van der Waals surface area contributed by atoms with E-state index in [1.165, 1.54) is 0 Å². The molecule has 118 valence electrons. The van der Waals surface area contributed by atoms with Crippen molar-refractivity contribution in [3.63, 3.8) is 0 Å². The first kappa shape index (κ1) is 17.4. The van der Waals surface area contributed by atoms with Gasteiger partial charge in [0.2, 0.25) is 5.91 Å². The van der Waals surface area contributed by atoms with E-state index in [4.69, 9.17) is 10.5 Å². The highest BCUT2D eigenvalue weighted by molar-refractivity contribution is 5.84. The monoisotopic (exact) mass is 285 g/mol. The summed E-state index contributed by atoms with van der Waals surface area (Å²) in [5, 5.41) is 3.29. The molecule has 0 aromatic heterocycles. The molecule has 2 unspecified atom stereocenters. The largest absolute Gasteiger partial charge is 0.370 e. The first-order valence-corrected chi connectivity index (χ1v) is 7.52. The van der Waals surface area contributed by atoms with E-state index >= 15 is 0 Å². The van der Waals surface area contributed by atoms with Gasteiger partial charge in [0.25, 0.3) is 0 Å². The Labute approximate surface area is 123 Å². The van der Waals surface area contributed by atoms with Gasteiger partial charge >= 0.3 is 0 Å². The third kappa shape index (κ3) is 5.04. The number of nitrogens with zero attached hydrogens (tertiary/aromatic N) is 1. The van der Waals surface area contributed by atoms with Crippen LogP contribution >= 0.6 is 0 Å². The molecule has 5 nitrogen and oxygen atoms in total. The Morgan fingerprint density at radius 3 is 2.60 bits per heavy atom. The highest BCUT2D eigenvalue weighted by Crippen LogP contribution is 2.22. The molecule has 1 aliphatic heterocycles. The van der Waals surface area contributed by atoms with Gasteiger partial charge in [0.15, 0.2) is 0 Å². The van der Waals surface area contributed by atoms with Crippen LogP contribution in [0.2, 0.25) is 0 Å². The summed E-state index contributed by atoms with van der Waals surface area (Å²) < 4.78 is 5.90. The number of morpholine rings is 1. The summed E-state index contributed by atoms with van der Waals surface area (Å²) in [6.45, 7) is 14.9. The van der Waals surface area contributed by atoms with Crippen molar-refractivity contribution in [1.29, 1.82) is 0 Å². The van der Waals surface area contributed by atoms with E-state index in [0.29, 0.717) is 6.42 Å². The molecule has 1 rings (SSSR count). The highest BCUT2D eigenvalue weighted by atomic mass is 16.5. The van der Waals surface area contributed by atoms with E-state index in [-0.39, 0.29) is 23.7 Å². The van der Waals surface area contributed by atoms with Gasteiger partial charge in [-0.2, -0.15) is 0 Å². The molecule has 0 bridgehead atoms. The number of hydrogen-bond acceptors (Lipinski definition) is 4. The topological polar surface area (TPSA) is 67.6 Å². The summed E-state index contributed by atoms with van der Waals surface area (Å²) >= 11 is 0. The zero-order valence-electron chi connectivity index (χ0n) is 13.8. The fourth-order valence-corrected chi connectivity index (χ4v) is 3.04. The summed E-state index contributed by atoms with van der Waals surface area (Å²) in [6.07, 6.45) is 0.931. The molecule has 0 aliphatic carbocycles. The second kappa shape index (κ2) is 6.41. The predicted octanol–water partition coefficient (Wildman–Crippen LogP) is 1.12. The number of hydrogen-bond donors (Lipinski definition) is 2. The van der Waals surface area contributed by atoms with Gasteiger partial charge < -0.3 is 15.8 Å². The Bertz CT molecular complexity index is 344. The summed E-state index contributed by atoms with van der Waals surface area (Å²) in [6, 6.07) is 0.229. The molecule has 5 heteroatoms. The number of ether oxygens (including phenoxy) is 1. The van der Waals surface area contributed by atoms with Gasteiger partial charge in [0.05, 0.1) is 17.2 Å². The number of carbonyl (C=O) groups excluding carboxylic acids is 1. The van der Waals surface area contributed by atoms with Gasteiger partial charge in [-0.1, -0.05) is 0 Å². The molecule has 20 heavy (non-hydrogen) atoms. The molecule has 0 radical (unpaired) electrons. The Balaban J connectivity index is 2.61. The Kier molecular flexibility index (Phi) is 5.58. The van der Waals surface area contributed by atoms with E-state index < -0.39 is 5.54 Å². The van der Waals surface area contributed by atoms with Crippen LogP contribution in [0, 0.1) is 0 Å². The summed E-state index contributed by atoms with van der Waals surface area (Å²) in [5.74, 6) is -0.285. The molecule has 1 aliphatic rings. The van der Waals surface area contributed by atoms with Crippen molar-refractivity contribution in [2.45, 2.75) is 71.2 Å². The quantitative estimate of drug-likeness (QED) is 0.767.